The Morgan fingerprint density at radius 3 is 2.65 bits per heavy atom. The number of hydrogen-bond acceptors (Lipinski definition) is 3. The van der Waals surface area contributed by atoms with Crippen molar-refractivity contribution in [3.63, 3.8) is 0 Å². The number of nitrogens with one attached hydrogen (secondary N) is 1. The first-order valence-corrected chi connectivity index (χ1v) is 7.73. The number of benzene rings is 2. The van der Waals surface area contributed by atoms with Gasteiger partial charge in [0.05, 0.1) is 7.11 Å². The zero-order valence-corrected chi connectivity index (χ0v) is 13.0. The standard InChI is InChI=1S/C17H21NOS/c1-13-7-4-5-10-17(13)20-12-16(18-2)14-8-6-9-15(11-14)19-3/h4-11,16,18H,12H2,1-3H3. The van der Waals surface area contributed by atoms with Crippen molar-refractivity contribution in [3.8, 4) is 5.75 Å². The molecule has 0 aromatic heterocycles. The summed E-state index contributed by atoms with van der Waals surface area (Å²) in [7, 11) is 3.71. The summed E-state index contributed by atoms with van der Waals surface area (Å²) in [5.74, 6) is 1.90. The molecule has 2 aromatic carbocycles. The van der Waals surface area contributed by atoms with E-state index < -0.39 is 0 Å². The highest BCUT2D eigenvalue weighted by atomic mass is 32.2. The molecule has 0 heterocycles. The van der Waals surface area contributed by atoms with E-state index in [0.717, 1.165) is 11.5 Å². The van der Waals surface area contributed by atoms with Gasteiger partial charge in [-0.2, -0.15) is 0 Å². The van der Waals surface area contributed by atoms with Gasteiger partial charge in [0.25, 0.3) is 0 Å². The van der Waals surface area contributed by atoms with E-state index in [1.165, 1.54) is 16.0 Å². The lowest BCUT2D eigenvalue weighted by atomic mass is 10.1. The Hall–Kier alpha value is -1.45. The second kappa shape index (κ2) is 7.36. The molecule has 2 nitrogen and oxygen atoms in total. The van der Waals surface area contributed by atoms with Crippen LogP contribution in [0.5, 0.6) is 5.75 Å². The number of aryl methyl sites for hydroxylation is 1. The topological polar surface area (TPSA) is 21.3 Å². The van der Waals surface area contributed by atoms with Gasteiger partial charge >= 0.3 is 0 Å². The lowest BCUT2D eigenvalue weighted by molar-refractivity contribution is 0.413. The van der Waals surface area contributed by atoms with Gasteiger partial charge in [-0.15, -0.1) is 11.8 Å². The molecule has 0 radical (unpaired) electrons. The fraction of sp³-hybridized carbons (Fsp3) is 0.294. The van der Waals surface area contributed by atoms with Crippen LogP contribution in [0.4, 0.5) is 0 Å². The zero-order valence-electron chi connectivity index (χ0n) is 12.2. The van der Waals surface area contributed by atoms with E-state index in [-0.39, 0.29) is 0 Å². The molecular weight excluding hydrogens is 266 g/mol. The van der Waals surface area contributed by atoms with Crippen LogP contribution in [0.3, 0.4) is 0 Å². The molecule has 1 N–H and O–H groups in total. The predicted octanol–water partition coefficient (Wildman–Crippen LogP) is 4.06. The summed E-state index contributed by atoms with van der Waals surface area (Å²) < 4.78 is 5.30. The van der Waals surface area contributed by atoms with Crippen LogP contribution in [-0.2, 0) is 0 Å². The van der Waals surface area contributed by atoms with Gasteiger partial charge in [-0.25, -0.2) is 0 Å². The second-order valence-corrected chi connectivity index (χ2v) is 5.76. The molecular formula is C17H21NOS. The highest BCUT2D eigenvalue weighted by Crippen LogP contribution is 2.28. The Bertz CT molecular complexity index is 556. The van der Waals surface area contributed by atoms with E-state index in [2.05, 4.69) is 48.6 Å². The van der Waals surface area contributed by atoms with Crippen LogP contribution < -0.4 is 10.1 Å². The van der Waals surface area contributed by atoms with Crippen LogP contribution in [0.25, 0.3) is 0 Å². The number of methoxy groups -OCH3 is 1. The minimum Gasteiger partial charge on any atom is -0.497 e. The van der Waals surface area contributed by atoms with Crippen LogP contribution >= 0.6 is 11.8 Å². The molecule has 0 spiro atoms. The Morgan fingerprint density at radius 1 is 1.15 bits per heavy atom. The number of hydrogen-bond donors (Lipinski definition) is 1. The molecule has 1 unspecified atom stereocenters. The molecule has 3 heteroatoms. The van der Waals surface area contributed by atoms with E-state index in [1.807, 2.05) is 30.9 Å². The maximum absolute atomic E-state index is 5.30. The van der Waals surface area contributed by atoms with Crippen molar-refractivity contribution in [2.24, 2.45) is 0 Å². The third-order valence-electron chi connectivity index (χ3n) is 3.34. The summed E-state index contributed by atoms with van der Waals surface area (Å²) in [5, 5.41) is 3.38. The fourth-order valence-corrected chi connectivity index (χ4v) is 3.27. The first kappa shape index (κ1) is 14.9. The highest BCUT2D eigenvalue weighted by Gasteiger charge is 2.11. The van der Waals surface area contributed by atoms with Gasteiger partial charge in [-0.1, -0.05) is 30.3 Å². The van der Waals surface area contributed by atoms with Gasteiger partial charge in [0.2, 0.25) is 0 Å². The van der Waals surface area contributed by atoms with Gasteiger partial charge in [0.15, 0.2) is 0 Å². The summed E-state index contributed by atoms with van der Waals surface area (Å²) in [6.07, 6.45) is 0. The summed E-state index contributed by atoms with van der Waals surface area (Å²) in [6.45, 7) is 2.16. The average Bonchev–Trinajstić information content (AvgIpc) is 2.50. The van der Waals surface area contributed by atoms with Crippen LogP contribution in [-0.4, -0.2) is 19.9 Å². The Labute approximate surface area is 125 Å². The summed E-state index contributed by atoms with van der Waals surface area (Å²) in [5.41, 5.74) is 2.59. The number of thioether (sulfide) groups is 1. The van der Waals surface area contributed by atoms with Crippen molar-refractivity contribution in [2.45, 2.75) is 17.9 Å². The van der Waals surface area contributed by atoms with E-state index >= 15 is 0 Å². The summed E-state index contributed by atoms with van der Waals surface area (Å²) in [6, 6.07) is 17.1. The SMILES string of the molecule is CNC(CSc1ccccc1C)c1cccc(OC)c1. The Kier molecular flexibility index (Phi) is 5.50. The normalized spacial score (nSPS) is 12.2. The quantitative estimate of drug-likeness (QED) is 0.810. The van der Waals surface area contributed by atoms with Crippen molar-refractivity contribution in [1.29, 1.82) is 0 Å². The minimum absolute atomic E-state index is 0.315. The first-order valence-electron chi connectivity index (χ1n) is 6.74. The Morgan fingerprint density at radius 2 is 1.95 bits per heavy atom. The molecule has 2 rings (SSSR count). The third kappa shape index (κ3) is 3.78. The molecule has 0 saturated heterocycles. The van der Waals surface area contributed by atoms with Gasteiger partial charge in [-0.3, -0.25) is 0 Å². The molecule has 2 aromatic rings. The Balaban J connectivity index is 2.07. The van der Waals surface area contributed by atoms with Crippen molar-refractivity contribution in [1.82, 2.24) is 5.32 Å². The molecule has 0 amide bonds. The van der Waals surface area contributed by atoms with Gasteiger partial charge < -0.3 is 10.1 Å². The summed E-state index contributed by atoms with van der Waals surface area (Å²) in [4.78, 5) is 1.34. The second-order valence-electron chi connectivity index (χ2n) is 4.69. The maximum atomic E-state index is 5.30. The largest absolute Gasteiger partial charge is 0.497 e. The molecule has 0 saturated carbocycles. The number of ether oxygens (including phenoxy) is 1. The molecule has 1 atom stereocenters. The molecule has 0 aliphatic carbocycles. The van der Waals surface area contributed by atoms with Crippen molar-refractivity contribution >= 4 is 11.8 Å². The first-order chi connectivity index (χ1) is 9.74. The lowest BCUT2D eigenvalue weighted by Gasteiger charge is -2.17. The average molecular weight is 287 g/mol. The third-order valence-corrected chi connectivity index (χ3v) is 4.61. The molecule has 0 fully saturated rings. The fourth-order valence-electron chi connectivity index (χ4n) is 2.10. The van der Waals surface area contributed by atoms with Crippen LogP contribution in [0.2, 0.25) is 0 Å². The van der Waals surface area contributed by atoms with Crippen molar-refractivity contribution in [3.05, 3.63) is 59.7 Å². The molecule has 106 valence electrons. The van der Waals surface area contributed by atoms with E-state index in [9.17, 15) is 0 Å². The van der Waals surface area contributed by atoms with Crippen LogP contribution in [0, 0.1) is 6.92 Å². The summed E-state index contributed by atoms with van der Waals surface area (Å²) >= 11 is 1.88. The predicted molar refractivity (Wildman–Crippen MR) is 86.7 cm³/mol. The van der Waals surface area contributed by atoms with E-state index in [1.54, 1.807) is 7.11 Å². The minimum atomic E-state index is 0.315. The van der Waals surface area contributed by atoms with Crippen LogP contribution in [0.1, 0.15) is 17.2 Å². The van der Waals surface area contributed by atoms with E-state index in [0.29, 0.717) is 6.04 Å². The molecule has 0 aliphatic rings. The van der Waals surface area contributed by atoms with E-state index in [4.69, 9.17) is 4.74 Å². The van der Waals surface area contributed by atoms with Crippen LogP contribution in [0.15, 0.2) is 53.4 Å². The highest BCUT2D eigenvalue weighted by molar-refractivity contribution is 7.99. The van der Waals surface area contributed by atoms with Gasteiger partial charge in [-0.05, 0) is 43.3 Å². The van der Waals surface area contributed by atoms with Gasteiger partial charge in [0.1, 0.15) is 5.75 Å². The maximum Gasteiger partial charge on any atom is 0.119 e. The number of rotatable bonds is 6. The lowest BCUT2D eigenvalue weighted by Crippen LogP contribution is -2.18. The smallest absolute Gasteiger partial charge is 0.119 e. The molecule has 20 heavy (non-hydrogen) atoms. The zero-order chi connectivity index (χ0) is 14.4. The molecule has 0 bridgehead atoms. The monoisotopic (exact) mass is 287 g/mol. The van der Waals surface area contributed by atoms with Crippen molar-refractivity contribution < 1.29 is 4.74 Å². The molecule has 0 aliphatic heterocycles. The van der Waals surface area contributed by atoms with Gasteiger partial charge in [0, 0.05) is 16.7 Å². The van der Waals surface area contributed by atoms with Crippen molar-refractivity contribution in [2.75, 3.05) is 19.9 Å².